The molecule has 0 aliphatic carbocycles. The van der Waals surface area contributed by atoms with Crippen molar-refractivity contribution in [3.63, 3.8) is 0 Å². The Morgan fingerprint density at radius 1 is 1.10 bits per heavy atom. The fourth-order valence-electron chi connectivity index (χ4n) is 2.27. The number of benzene rings is 2. The first-order valence-electron chi connectivity index (χ1n) is 7.05. The van der Waals surface area contributed by atoms with Gasteiger partial charge in [0, 0.05) is 6.42 Å². The van der Waals surface area contributed by atoms with Crippen LogP contribution in [0.15, 0.2) is 54.6 Å². The third-order valence-electron chi connectivity index (χ3n) is 3.65. The maximum absolute atomic E-state index is 9.60. The number of hydrogen-bond donors (Lipinski definition) is 1. The maximum atomic E-state index is 9.60. The second kappa shape index (κ2) is 6.92. The molecule has 0 heterocycles. The van der Waals surface area contributed by atoms with E-state index in [2.05, 4.69) is 11.4 Å². The number of nitrogens with zero attached hydrogens (tertiary/aromatic N) is 1. The number of nitrogens with one attached hydrogen (secondary N) is 1. The summed E-state index contributed by atoms with van der Waals surface area (Å²) in [6, 6.07) is 20.1. The van der Waals surface area contributed by atoms with Gasteiger partial charge in [0.1, 0.15) is 11.3 Å². The Balaban J connectivity index is 2.04. The molecule has 1 N–H and O–H groups in total. The van der Waals surface area contributed by atoms with Crippen LogP contribution in [0.4, 0.5) is 0 Å². The summed E-state index contributed by atoms with van der Waals surface area (Å²) >= 11 is 0. The van der Waals surface area contributed by atoms with Crippen LogP contribution in [0.3, 0.4) is 0 Å². The Bertz CT molecular complexity index is 601. The molecule has 3 heteroatoms. The Morgan fingerprint density at radius 2 is 1.76 bits per heavy atom. The molecule has 0 fully saturated rings. The van der Waals surface area contributed by atoms with Gasteiger partial charge in [-0.25, -0.2) is 0 Å². The Hall–Kier alpha value is -2.31. The number of aryl methyl sites for hydroxylation is 1. The Kier molecular flexibility index (Phi) is 4.97. The average Bonchev–Trinajstić information content (AvgIpc) is 2.55. The molecule has 3 nitrogen and oxygen atoms in total. The molecule has 1 atom stereocenters. The van der Waals surface area contributed by atoms with E-state index in [1.807, 2.05) is 68.6 Å². The Morgan fingerprint density at radius 3 is 2.33 bits per heavy atom. The average molecular weight is 280 g/mol. The molecule has 0 saturated heterocycles. The summed E-state index contributed by atoms with van der Waals surface area (Å²) in [6.45, 7) is 2.52. The van der Waals surface area contributed by atoms with Crippen molar-refractivity contribution < 1.29 is 4.74 Å². The van der Waals surface area contributed by atoms with Crippen molar-refractivity contribution in [1.29, 1.82) is 5.26 Å². The smallest absolute Gasteiger partial charge is 0.135 e. The van der Waals surface area contributed by atoms with Crippen LogP contribution in [0.1, 0.15) is 17.5 Å². The van der Waals surface area contributed by atoms with Crippen LogP contribution in [-0.4, -0.2) is 13.7 Å². The van der Waals surface area contributed by atoms with Crippen molar-refractivity contribution in [2.24, 2.45) is 0 Å². The van der Waals surface area contributed by atoms with Gasteiger partial charge < -0.3 is 4.74 Å². The van der Waals surface area contributed by atoms with Gasteiger partial charge in [-0.05, 0) is 31.7 Å². The zero-order valence-corrected chi connectivity index (χ0v) is 12.5. The van der Waals surface area contributed by atoms with Gasteiger partial charge in [0.15, 0.2) is 0 Å². The highest BCUT2D eigenvalue weighted by Gasteiger charge is 2.30. The molecule has 1 unspecified atom stereocenters. The largest absolute Gasteiger partial charge is 0.493 e. The zero-order chi connectivity index (χ0) is 15.1. The highest BCUT2D eigenvalue weighted by atomic mass is 16.5. The molecule has 0 aromatic heterocycles. The molecule has 2 aromatic rings. The second-order valence-electron chi connectivity index (χ2n) is 5.04. The third-order valence-corrected chi connectivity index (χ3v) is 3.65. The maximum Gasteiger partial charge on any atom is 0.135 e. The third kappa shape index (κ3) is 3.62. The van der Waals surface area contributed by atoms with E-state index in [1.165, 1.54) is 5.56 Å². The van der Waals surface area contributed by atoms with Crippen LogP contribution < -0.4 is 10.1 Å². The highest BCUT2D eigenvalue weighted by molar-refractivity contribution is 5.31. The minimum atomic E-state index is -0.716. The highest BCUT2D eigenvalue weighted by Crippen LogP contribution is 2.24. The molecule has 2 aromatic carbocycles. The molecule has 0 aliphatic heterocycles. The van der Waals surface area contributed by atoms with Crippen molar-refractivity contribution in [1.82, 2.24) is 5.32 Å². The summed E-state index contributed by atoms with van der Waals surface area (Å²) in [6.07, 6.45) is 0.581. The lowest BCUT2D eigenvalue weighted by Crippen LogP contribution is -2.40. The molecule has 0 aliphatic rings. The van der Waals surface area contributed by atoms with E-state index in [0.29, 0.717) is 13.0 Å². The van der Waals surface area contributed by atoms with Gasteiger partial charge in [0.05, 0.1) is 12.7 Å². The normalized spacial score (nSPS) is 13.2. The van der Waals surface area contributed by atoms with Crippen molar-refractivity contribution in [3.05, 3.63) is 65.7 Å². The van der Waals surface area contributed by atoms with Crippen molar-refractivity contribution in [3.8, 4) is 11.8 Å². The lowest BCUT2D eigenvalue weighted by atomic mass is 9.88. The summed E-state index contributed by atoms with van der Waals surface area (Å²) in [5.74, 6) is 0.830. The van der Waals surface area contributed by atoms with Crippen molar-refractivity contribution in [2.45, 2.75) is 18.9 Å². The molecular formula is C18H20N2O. The first kappa shape index (κ1) is 15.1. The van der Waals surface area contributed by atoms with Gasteiger partial charge >= 0.3 is 0 Å². The van der Waals surface area contributed by atoms with E-state index in [9.17, 15) is 5.26 Å². The van der Waals surface area contributed by atoms with Crippen molar-refractivity contribution >= 4 is 0 Å². The molecule has 0 spiro atoms. The van der Waals surface area contributed by atoms with Crippen LogP contribution >= 0.6 is 0 Å². The molecule has 21 heavy (non-hydrogen) atoms. The number of rotatable bonds is 6. The summed E-state index contributed by atoms with van der Waals surface area (Å²) in [5, 5.41) is 12.7. The van der Waals surface area contributed by atoms with E-state index in [4.69, 9.17) is 4.74 Å². The van der Waals surface area contributed by atoms with Gasteiger partial charge in [-0.2, -0.15) is 5.26 Å². The van der Waals surface area contributed by atoms with Crippen molar-refractivity contribution in [2.75, 3.05) is 13.7 Å². The van der Waals surface area contributed by atoms with Crippen LogP contribution in [0, 0.1) is 18.3 Å². The molecule has 0 saturated carbocycles. The predicted octanol–water partition coefficient (Wildman–Crippen LogP) is 3.40. The van der Waals surface area contributed by atoms with E-state index >= 15 is 0 Å². The zero-order valence-electron chi connectivity index (χ0n) is 12.5. The van der Waals surface area contributed by atoms with Crippen LogP contribution in [0.2, 0.25) is 0 Å². The minimum absolute atomic E-state index is 0.479. The van der Waals surface area contributed by atoms with E-state index in [1.54, 1.807) is 0 Å². The summed E-state index contributed by atoms with van der Waals surface area (Å²) in [7, 11) is 1.81. The van der Waals surface area contributed by atoms with Gasteiger partial charge in [0.2, 0.25) is 0 Å². The molecule has 108 valence electrons. The lowest BCUT2D eigenvalue weighted by molar-refractivity contribution is 0.266. The molecular weight excluding hydrogens is 260 g/mol. The van der Waals surface area contributed by atoms with Gasteiger partial charge in [0.25, 0.3) is 0 Å². The summed E-state index contributed by atoms with van der Waals surface area (Å²) in [4.78, 5) is 0. The molecule has 2 rings (SSSR count). The van der Waals surface area contributed by atoms with E-state index in [0.717, 1.165) is 11.3 Å². The molecule has 0 bridgehead atoms. The predicted molar refractivity (Wildman–Crippen MR) is 84.1 cm³/mol. The van der Waals surface area contributed by atoms with Gasteiger partial charge in [-0.1, -0.05) is 48.0 Å². The quantitative estimate of drug-likeness (QED) is 0.882. The van der Waals surface area contributed by atoms with E-state index in [-0.39, 0.29) is 0 Å². The standard InChI is InChI=1S/C18H20N2O/c1-15-8-10-17(11-9-15)21-13-12-18(14-19,20-2)16-6-4-3-5-7-16/h3-11,20H,12-13H2,1-2H3. The van der Waals surface area contributed by atoms with Crippen LogP contribution in [-0.2, 0) is 5.54 Å². The Labute approximate surface area is 126 Å². The topological polar surface area (TPSA) is 45.0 Å². The van der Waals surface area contributed by atoms with Gasteiger partial charge in [-0.15, -0.1) is 0 Å². The lowest BCUT2D eigenvalue weighted by Gasteiger charge is -2.26. The SMILES string of the molecule is CNC(C#N)(CCOc1ccc(C)cc1)c1ccccc1. The number of hydrogen-bond acceptors (Lipinski definition) is 3. The van der Waals surface area contributed by atoms with Gasteiger partial charge in [-0.3, -0.25) is 5.32 Å². The molecule has 0 amide bonds. The van der Waals surface area contributed by atoms with E-state index < -0.39 is 5.54 Å². The first-order chi connectivity index (χ1) is 10.2. The fraction of sp³-hybridized carbons (Fsp3) is 0.278. The first-order valence-corrected chi connectivity index (χ1v) is 7.05. The van der Waals surface area contributed by atoms with Crippen LogP contribution in [0.5, 0.6) is 5.75 Å². The van der Waals surface area contributed by atoms with Crippen LogP contribution in [0.25, 0.3) is 0 Å². The summed E-state index contributed by atoms with van der Waals surface area (Å²) in [5.41, 5.74) is 1.45. The minimum Gasteiger partial charge on any atom is -0.493 e. The fourth-order valence-corrected chi connectivity index (χ4v) is 2.27. The second-order valence-corrected chi connectivity index (χ2v) is 5.04. The summed E-state index contributed by atoms with van der Waals surface area (Å²) < 4.78 is 5.75. The molecule has 0 radical (unpaired) electrons. The number of nitriles is 1. The number of ether oxygens (including phenoxy) is 1. The monoisotopic (exact) mass is 280 g/mol.